The fourth-order valence-corrected chi connectivity index (χ4v) is 1.11. The van der Waals surface area contributed by atoms with Gasteiger partial charge in [-0.3, -0.25) is 0 Å². The maximum atomic E-state index is 5.43. The molecule has 0 saturated carbocycles. The molecule has 1 rings (SSSR count). The highest BCUT2D eigenvalue weighted by atomic mass is 14.5. The number of aryl methyl sites for hydroxylation is 1. The second-order valence-corrected chi connectivity index (χ2v) is 2.70. The van der Waals surface area contributed by atoms with Crippen LogP contribution in [0.4, 0.5) is 0 Å². The van der Waals surface area contributed by atoms with Gasteiger partial charge >= 0.3 is 0 Å². The Morgan fingerprint density at radius 1 is 1.19 bits per heavy atom. The van der Waals surface area contributed by atoms with E-state index in [-0.39, 0.29) is 0 Å². The maximum absolute atomic E-state index is 5.43. The highest BCUT2D eigenvalue weighted by Crippen LogP contribution is 2.14. The zero-order valence-corrected chi connectivity index (χ0v) is 11.2. The van der Waals surface area contributed by atoms with Crippen LogP contribution in [-0.2, 0) is 0 Å². The van der Waals surface area contributed by atoms with E-state index in [2.05, 4.69) is 25.6 Å². The lowest BCUT2D eigenvalue weighted by atomic mass is 10.1. The Balaban J connectivity index is 0. The normalized spacial score (nSPS) is 9.19. The summed E-state index contributed by atoms with van der Waals surface area (Å²) in [6.45, 7) is 13.7. The number of hydrogen-bond donors (Lipinski definition) is 1. The Morgan fingerprint density at radius 3 is 2.12 bits per heavy atom. The second-order valence-electron chi connectivity index (χ2n) is 2.70. The first kappa shape index (κ1) is 16.9. The van der Waals surface area contributed by atoms with E-state index in [1.54, 1.807) is 12.3 Å². The number of nitrogens with two attached hydrogens (primary N) is 1. The summed E-state index contributed by atoms with van der Waals surface area (Å²) in [6, 6.07) is 8.17. The van der Waals surface area contributed by atoms with Crippen molar-refractivity contribution in [2.75, 3.05) is 0 Å². The Kier molecular flexibility index (Phi) is 12.2. The molecule has 1 heteroatoms. The number of hydrogen-bond acceptors (Lipinski definition) is 1. The standard InChI is InChI=1S/C11H13N.2C2H6/c1-3-10(8-12)11-6-4-5-9(2)7-11;2*1-2/h3-8H,1,12H2,2H3;2*1-2H3/b10-8+;;. The van der Waals surface area contributed by atoms with Crippen LogP contribution < -0.4 is 5.73 Å². The van der Waals surface area contributed by atoms with E-state index in [4.69, 9.17) is 5.73 Å². The van der Waals surface area contributed by atoms with Gasteiger partial charge in [0.2, 0.25) is 0 Å². The first-order valence-corrected chi connectivity index (χ1v) is 5.89. The Bertz CT molecular complexity index is 311. The molecule has 1 aromatic rings. The molecule has 0 unspecified atom stereocenters. The smallest absolute Gasteiger partial charge is 0.00173 e. The fraction of sp³-hybridized carbons (Fsp3) is 0.333. The maximum Gasteiger partial charge on any atom is 0.00173 e. The van der Waals surface area contributed by atoms with Gasteiger partial charge in [-0.05, 0) is 18.1 Å². The van der Waals surface area contributed by atoms with E-state index in [9.17, 15) is 0 Å². The van der Waals surface area contributed by atoms with E-state index >= 15 is 0 Å². The zero-order chi connectivity index (χ0) is 13.0. The van der Waals surface area contributed by atoms with Gasteiger partial charge in [0.05, 0.1) is 0 Å². The van der Waals surface area contributed by atoms with Crippen LogP contribution in [0.3, 0.4) is 0 Å². The Hall–Kier alpha value is -1.50. The van der Waals surface area contributed by atoms with Crippen molar-refractivity contribution >= 4 is 5.57 Å². The molecule has 0 aliphatic heterocycles. The van der Waals surface area contributed by atoms with Gasteiger partial charge in [0.15, 0.2) is 0 Å². The van der Waals surface area contributed by atoms with Crippen LogP contribution in [0.25, 0.3) is 5.57 Å². The monoisotopic (exact) mass is 219 g/mol. The third-order valence-corrected chi connectivity index (χ3v) is 1.75. The lowest BCUT2D eigenvalue weighted by Gasteiger charge is -2.01. The molecular formula is C15H25N. The van der Waals surface area contributed by atoms with E-state index in [1.807, 2.05) is 39.8 Å². The number of allylic oxidation sites excluding steroid dienone is 2. The predicted molar refractivity (Wildman–Crippen MR) is 76.2 cm³/mol. The highest BCUT2D eigenvalue weighted by molar-refractivity contribution is 5.73. The molecule has 1 nitrogen and oxygen atoms in total. The van der Waals surface area contributed by atoms with Gasteiger partial charge in [-0.15, -0.1) is 0 Å². The SMILES string of the molecule is C=C/C(=C\N)c1cccc(C)c1.CC.CC. The van der Waals surface area contributed by atoms with Gasteiger partial charge in [-0.2, -0.15) is 0 Å². The minimum Gasteiger partial charge on any atom is -0.404 e. The van der Waals surface area contributed by atoms with Crippen LogP contribution in [0, 0.1) is 6.92 Å². The summed E-state index contributed by atoms with van der Waals surface area (Å²) >= 11 is 0. The van der Waals surface area contributed by atoms with Crippen LogP contribution in [0.5, 0.6) is 0 Å². The molecular weight excluding hydrogens is 194 g/mol. The lowest BCUT2D eigenvalue weighted by Crippen LogP contribution is -1.86. The van der Waals surface area contributed by atoms with E-state index in [0.29, 0.717) is 0 Å². The van der Waals surface area contributed by atoms with E-state index in [0.717, 1.165) is 11.1 Å². The Morgan fingerprint density at radius 2 is 1.75 bits per heavy atom. The predicted octanol–water partition coefficient (Wildman–Crippen LogP) is 4.53. The number of benzene rings is 1. The third kappa shape index (κ3) is 6.07. The lowest BCUT2D eigenvalue weighted by molar-refractivity contribution is 1.44. The molecule has 1 aromatic carbocycles. The molecule has 0 aliphatic rings. The molecule has 0 aliphatic carbocycles. The molecule has 0 fully saturated rings. The first-order chi connectivity index (χ1) is 7.77. The van der Waals surface area contributed by atoms with Crippen LogP contribution in [0.1, 0.15) is 38.8 Å². The van der Waals surface area contributed by atoms with Crippen LogP contribution in [0.15, 0.2) is 43.1 Å². The van der Waals surface area contributed by atoms with Crippen molar-refractivity contribution in [3.8, 4) is 0 Å². The van der Waals surface area contributed by atoms with Crippen molar-refractivity contribution in [2.24, 2.45) is 5.73 Å². The largest absolute Gasteiger partial charge is 0.404 e. The van der Waals surface area contributed by atoms with Crippen LogP contribution in [-0.4, -0.2) is 0 Å². The summed E-state index contributed by atoms with van der Waals surface area (Å²) < 4.78 is 0. The van der Waals surface area contributed by atoms with Crippen molar-refractivity contribution < 1.29 is 0 Å². The van der Waals surface area contributed by atoms with Crippen LogP contribution in [0.2, 0.25) is 0 Å². The summed E-state index contributed by atoms with van der Waals surface area (Å²) in [5.41, 5.74) is 8.75. The Labute approximate surface area is 101 Å². The summed E-state index contributed by atoms with van der Waals surface area (Å²) in [6.07, 6.45) is 3.33. The quantitative estimate of drug-likeness (QED) is 0.726. The average molecular weight is 219 g/mol. The van der Waals surface area contributed by atoms with Gasteiger partial charge in [-0.25, -0.2) is 0 Å². The van der Waals surface area contributed by atoms with Crippen molar-refractivity contribution in [2.45, 2.75) is 34.6 Å². The second kappa shape index (κ2) is 11.6. The van der Waals surface area contributed by atoms with Gasteiger partial charge in [0.1, 0.15) is 0 Å². The molecule has 0 bridgehead atoms. The van der Waals surface area contributed by atoms with E-state index in [1.165, 1.54) is 5.56 Å². The van der Waals surface area contributed by atoms with Crippen LogP contribution >= 0.6 is 0 Å². The fourth-order valence-electron chi connectivity index (χ4n) is 1.11. The topological polar surface area (TPSA) is 26.0 Å². The molecule has 0 aromatic heterocycles. The molecule has 0 saturated heterocycles. The number of rotatable bonds is 2. The summed E-state index contributed by atoms with van der Waals surface area (Å²) in [5.74, 6) is 0. The molecule has 0 amide bonds. The van der Waals surface area contributed by atoms with Gasteiger partial charge in [0.25, 0.3) is 0 Å². The average Bonchev–Trinajstić information content (AvgIpc) is 2.36. The minimum atomic E-state index is 0.971. The molecule has 0 radical (unpaired) electrons. The van der Waals surface area contributed by atoms with Gasteiger partial charge in [0, 0.05) is 6.20 Å². The molecule has 0 spiro atoms. The van der Waals surface area contributed by atoms with Crippen molar-refractivity contribution in [1.29, 1.82) is 0 Å². The first-order valence-electron chi connectivity index (χ1n) is 5.89. The molecule has 2 N–H and O–H groups in total. The summed E-state index contributed by atoms with van der Waals surface area (Å²) in [4.78, 5) is 0. The van der Waals surface area contributed by atoms with Gasteiger partial charge < -0.3 is 5.73 Å². The summed E-state index contributed by atoms with van der Waals surface area (Å²) in [5, 5.41) is 0. The van der Waals surface area contributed by atoms with Crippen molar-refractivity contribution in [1.82, 2.24) is 0 Å². The zero-order valence-electron chi connectivity index (χ0n) is 11.2. The molecule has 0 atom stereocenters. The van der Waals surface area contributed by atoms with Gasteiger partial charge in [-0.1, -0.05) is 70.2 Å². The minimum absolute atomic E-state index is 0.971. The summed E-state index contributed by atoms with van der Waals surface area (Å²) in [7, 11) is 0. The molecule has 90 valence electrons. The van der Waals surface area contributed by atoms with Crippen molar-refractivity contribution in [3.05, 3.63) is 54.2 Å². The van der Waals surface area contributed by atoms with Crippen molar-refractivity contribution in [3.63, 3.8) is 0 Å². The molecule has 16 heavy (non-hydrogen) atoms. The molecule has 0 heterocycles. The highest BCUT2D eigenvalue weighted by Gasteiger charge is 1.94. The third-order valence-electron chi connectivity index (χ3n) is 1.75. The van der Waals surface area contributed by atoms with E-state index < -0.39 is 0 Å².